The molecule has 0 aliphatic heterocycles. The van der Waals surface area contributed by atoms with E-state index in [1.165, 1.54) is 6.20 Å². The Morgan fingerprint density at radius 2 is 1.79 bits per heavy atom. The standard InChI is InChI=1S/C8H11FN2O.C5H4BrN/c9-8(6(10)5-12)7-3-1-2-4-11-7;6-5-3-1-2-4-7-5/h1-4,6,8,12H,5,10H2;1-4H/t6-,8?;/m0./s1. The summed E-state index contributed by atoms with van der Waals surface area (Å²) in [6.45, 7) is -0.377. The van der Waals surface area contributed by atoms with Crippen molar-refractivity contribution in [3.05, 3.63) is 59.1 Å². The Balaban J connectivity index is 0.000000218. The summed E-state index contributed by atoms with van der Waals surface area (Å²) in [6.07, 6.45) is 1.84. The normalized spacial score (nSPS) is 13.1. The molecule has 0 amide bonds. The van der Waals surface area contributed by atoms with Gasteiger partial charge in [-0.1, -0.05) is 12.1 Å². The molecular weight excluding hydrogens is 313 g/mol. The van der Waals surface area contributed by atoms with Crippen LogP contribution in [0.15, 0.2) is 53.4 Å². The number of alkyl halides is 1. The van der Waals surface area contributed by atoms with Crippen LogP contribution in [0, 0.1) is 0 Å². The monoisotopic (exact) mass is 327 g/mol. The predicted octanol–water partition coefficient (Wildman–Crippen LogP) is 2.26. The summed E-state index contributed by atoms with van der Waals surface area (Å²) >= 11 is 3.20. The van der Waals surface area contributed by atoms with Gasteiger partial charge in [-0.3, -0.25) is 4.98 Å². The highest BCUT2D eigenvalue weighted by Gasteiger charge is 2.18. The number of aromatic nitrogens is 2. The lowest BCUT2D eigenvalue weighted by molar-refractivity contribution is 0.187. The molecule has 102 valence electrons. The molecule has 6 heteroatoms. The number of aliphatic hydroxyl groups excluding tert-OH is 1. The van der Waals surface area contributed by atoms with Gasteiger partial charge in [-0.05, 0) is 40.2 Å². The number of nitrogens with two attached hydrogens (primary N) is 1. The van der Waals surface area contributed by atoms with Crippen molar-refractivity contribution >= 4 is 15.9 Å². The first-order valence-electron chi connectivity index (χ1n) is 5.63. The average molecular weight is 328 g/mol. The number of halogens is 2. The molecule has 2 aromatic rings. The van der Waals surface area contributed by atoms with Gasteiger partial charge < -0.3 is 10.8 Å². The molecule has 0 bridgehead atoms. The maximum atomic E-state index is 13.2. The second-order valence-corrected chi connectivity index (χ2v) is 4.47. The van der Waals surface area contributed by atoms with E-state index in [2.05, 4.69) is 25.9 Å². The molecule has 0 aromatic carbocycles. The van der Waals surface area contributed by atoms with E-state index in [0.29, 0.717) is 0 Å². The predicted molar refractivity (Wildman–Crippen MR) is 75.1 cm³/mol. The smallest absolute Gasteiger partial charge is 0.159 e. The zero-order valence-corrected chi connectivity index (χ0v) is 11.7. The van der Waals surface area contributed by atoms with E-state index in [1.54, 1.807) is 24.4 Å². The first kappa shape index (κ1) is 15.7. The molecule has 3 N–H and O–H groups in total. The van der Waals surface area contributed by atoms with E-state index in [1.807, 2.05) is 18.2 Å². The first-order chi connectivity index (χ1) is 9.15. The van der Waals surface area contributed by atoms with E-state index < -0.39 is 12.2 Å². The lowest BCUT2D eigenvalue weighted by Crippen LogP contribution is -2.30. The molecule has 1 unspecified atom stereocenters. The average Bonchev–Trinajstić information content (AvgIpc) is 2.48. The van der Waals surface area contributed by atoms with Gasteiger partial charge in [0, 0.05) is 12.4 Å². The molecule has 19 heavy (non-hydrogen) atoms. The van der Waals surface area contributed by atoms with Gasteiger partial charge in [0.2, 0.25) is 0 Å². The van der Waals surface area contributed by atoms with Crippen LogP contribution < -0.4 is 5.73 Å². The van der Waals surface area contributed by atoms with Crippen molar-refractivity contribution < 1.29 is 9.50 Å². The summed E-state index contributed by atoms with van der Waals surface area (Å²) in [7, 11) is 0. The fourth-order valence-electron chi connectivity index (χ4n) is 1.19. The van der Waals surface area contributed by atoms with Crippen LogP contribution in [0.4, 0.5) is 4.39 Å². The molecule has 0 radical (unpaired) electrons. The Morgan fingerprint density at radius 3 is 2.16 bits per heavy atom. The fourth-order valence-corrected chi connectivity index (χ4v) is 1.46. The van der Waals surface area contributed by atoms with Gasteiger partial charge >= 0.3 is 0 Å². The van der Waals surface area contributed by atoms with Crippen LogP contribution in [0.3, 0.4) is 0 Å². The molecule has 4 nitrogen and oxygen atoms in total. The second kappa shape index (κ2) is 8.68. The minimum atomic E-state index is -1.39. The Bertz CT molecular complexity index is 458. The summed E-state index contributed by atoms with van der Waals surface area (Å²) in [4.78, 5) is 7.68. The van der Waals surface area contributed by atoms with Crippen LogP contribution in [0.2, 0.25) is 0 Å². The second-order valence-electron chi connectivity index (χ2n) is 3.66. The van der Waals surface area contributed by atoms with Crippen molar-refractivity contribution in [2.24, 2.45) is 5.73 Å². The van der Waals surface area contributed by atoms with Crippen molar-refractivity contribution in [1.82, 2.24) is 9.97 Å². The van der Waals surface area contributed by atoms with Crippen LogP contribution in [-0.4, -0.2) is 27.7 Å². The number of nitrogens with zero attached hydrogens (tertiary/aromatic N) is 2. The third kappa shape index (κ3) is 5.87. The molecule has 2 atom stereocenters. The van der Waals surface area contributed by atoms with Gasteiger partial charge in [0.05, 0.1) is 18.3 Å². The maximum Gasteiger partial charge on any atom is 0.159 e. The Kier molecular flexibility index (Phi) is 7.17. The molecule has 0 saturated heterocycles. The Hall–Kier alpha value is -1.37. The van der Waals surface area contributed by atoms with E-state index in [0.717, 1.165) is 4.60 Å². The highest BCUT2D eigenvalue weighted by molar-refractivity contribution is 9.10. The van der Waals surface area contributed by atoms with E-state index >= 15 is 0 Å². The highest BCUT2D eigenvalue weighted by Crippen LogP contribution is 2.16. The van der Waals surface area contributed by atoms with E-state index in [-0.39, 0.29) is 12.3 Å². The molecule has 0 aliphatic rings. The first-order valence-corrected chi connectivity index (χ1v) is 6.42. The summed E-state index contributed by atoms with van der Waals surface area (Å²) in [5.41, 5.74) is 5.55. The lowest BCUT2D eigenvalue weighted by atomic mass is 10.1. The van der Waals surface area contributed by atoms with Gasteiger partial charge in [0.1, 0.15) is 4.60 Å². The molecular formula is C13H15BrFN3O. The number of hydrogen-bond acceptors (Lipinski definition) is 4. The minimum Gasteiger partial charge on any atom is -0.395 e. The summed E-state index contributed by atoms with van der Waals surface area (Å²) in [6, 6.07) is 9.72. The van der Waals surface area contributed by atoms with E-state index in [9.17, 15) is 4.39 Å². The molecule has 0 fully saturated rings. The van der Waals surface area contributed by atoms with Crippen LogP contribution >= 0.6 is 15.9 Å². The zero-order chi connectivity index (χ0) is 14.1. The molecule has 2 heterocycles. The Morgan fingerprint density at radius 1 is 1.16 bits per heavy atom. The topological polar surface area (TPSA) is 72.0 Å². The van der Waals surface area contributed by atoms with Crippen LogP contribution in [0.5, 0.6) is 0 Å². The van der Waals surface area contributed by atoms with Crippen LogP contribution in [0.1, 0.15) is 11.9 Å². The zero-order valence-electron chi connectivity index (χ0n) is 10.2. The molecule has 0 spiro atoms. The van der Waals surface area contributed by atoms with Gasteiger partial charge in [0.25, 0.3) is 0 Å². The van der Waals surface area contributed by atoms with Crippen molar-refractivity contribution in [2.75, 3.05) is 6.61 Å². The van der Waals surface area contributed by atoms with Crippen molar-refractivity contribution in [3.8, 4) is 0 Å². The minimum absolute atomic E-state index is 0.263. The number of pyridine rings is 2. The SMILES string of the molecule is Brc1ccccn1.N[C@@H](CO)C(F)c1ccccn1. The third-order valence-corrected chi connectivity index (χ3v) is 2.65. The van der Waals surface area contributed by atoms with Crippen molar-refractivity contribution in [1.29, 1.82) is 0 Å². The summed E-state index contributed by atoms with van der Waals surface area (Å²) in [5, 5.41) is 8.57. The van der Waals surface area contributed by atoms with Gasteiger partial charge in [-0.2, -0.15) is 0 Å². The number of rotatable bonds is 3. The Labute approximate surface area is 119 Å². The fraction of sp³-hybridized carbons (Fsp3) is 0.231. The van der Waals surface area contributed by atoms with Crippen LogP contribution in [0.25, 0.3) is 0 Å². The number of aliphatic hydroxyl groups is 1. The van der Waals surface area contributed by atoms with Crippen molar-refractivity contribution in [2.45, 2.75) is 12.2 Å². The van der Waals surface area contributed by atoms with Crippen molar-refractivity contribution in [3.63, 3.8) is 0 Å². The number of hydrogen-bond donors (Lipinski definition) is 2. The summed E-state index contributed by atoms with van der Waals surface area (Å²) < 4.78 is 14.1. The van der Waals surface area contributed by atoms with Gasteiger partial charge in [-0.25, -0.2) is 9.37 Å². The third-order valence-electron chi connectivity index (χ3n) is 2.19. The lowest BCUT2D eigenvalue weighted by Gasteiger charge is -2.12. The largest absolute Gasteiger partial charge is 0.395 e. The quantitative estimate of drug-likeness (QED) is 0.848. The van der Waals surface area contributed by atoms with Crippen LogP contribution in [-0.2, 0) is 0 Å². The molecule has 0 saturated carbocycles. The molecule has 2 aromatic heterocycles. The molecule has 0 aliphatic carbocycles. The molecule has 2 rings (SSSR count). The highest BCUT2D eigenvalue weighted by atomic mass is 79.9. The summed E-state index contributed by atoms with van der Waals surface area (Å²) in [5.74, 6) is 0. The van der Waals surface area contributed by atoms with Gasteiger partial charge in [-0.15, -0.1) is 0 Å². The maximum absolute atomic E-state index is 13.2. The van der Waals surface area contributed by atoms with E-state index in [4.69, 9.17) is 10.8 Å². The van der Waals surface area contributed by atoms with Gasteiger partial charge in [0.15, 0.2) is 6.17 Å².